The Bertz CT molecular complexity index is 1820. The summed E-state index contributed by atoms with van der Waals surface area (Å²) in [5.74, 6) is -0.725. The highest BCUT2D eigenvalue weighted by Gasteiger charge is 2.37. The Morgan fingerprint density at radius 3 is 1.93 bits per heavy atom. The van der Waals surface area contributed by atoms with E-state index >= 15 is 0 Å². The fourth-order valence-electron chi connectivity index (χ4n) is 6.74. The third kappa shape index (κ3) is 9.16. The van der Waals surface area contributed by atoms with E-state index in [1.54, 1.807) is 24.2 Å². The van der Waals surface area contributed by atoms with Gasteiger partial charge in [0.1, 0.15) is 23.7 Å². The third-order valence-electron chi connectivity index (χ3n) is 9.99. The number of aromatic nitrogens is 4. The van der Waals surface area contributed by atoms with Crippen LogP contribution in [0.5, 0.6) is 0 Å². The second-order valence-electron chi connectivity index (χ2n) is 14.4. The van der Waals surface area contributed by atoms with Crippen LogP contribution >= 0.6 is 0 Å². The van der Waals surface area contributed by atoms with Crippen molar-refractivity contribution in [1.82, 2.24) is 35.5 Å². The number of hydrogen-bond donors (Lipinski definition) is 5. The number of rotatable bonds is 14. The van der Waals surface area contributed by atoms with Crippen molar-refractivity contribution in [3.05, 3.63) is 72.6 Å². The standard InChI is InChI=1S/C40H51N7O7/c1-22(2)29(19-33(49)53-6)38(50)45-35(24(5)48)37-42-21-31(44-37)28-16-12-26(13-17-28)25-10-14-27(15-11-25)30-20-41-36(43-30)32-9-8-18-47(32)39(51)34(23(3)4)46-40(52)54-7/h10-17,20-24,29,32,34-35,48H,8-9,18-19H2,1-7H3,(H,41,43)(H,42,44)(H,45,50)(H,46,52)/t24-,29+,32+,34+,35+/m1/s1. The van der Waals surface area contributed by atoms with Crippen molar-refractivity contribution in [2.24, 2.45) is 17.8 Å². The predicted molar refractivity (Wildman–Crippen MR) is 202 cm³/mol. The van der Waals surface area contributed by atoms with Crippen LogP contribution in [0.4, 0.5) is 4.79 Å². The molecule has 2 aromatic heterocycles. The number of nitrogens with zero attached hydrogens (tertiary/aromatic N) is 3. The SMILES string of the molecule is COC(=O)C[C@H](C(=O)N[C@H](c1ncc(-c2ccc(-c3ccc(-c4cnc([C@@H]5CCCN5C(=O)[C@@H](NC(=O)OC)C(C)C)[nH]4)cc3)cc2)[nH]1)[C@@H](C)O)C(C)C. The van der Waals surface area contributed by atoms with E-state index in [1.807, 2.05) is 76.2 Å². The van der Waals surface area contributed by atoms with Gasteiger partial charge >= 0.3 is 12.1 Å². The molecule has 4 aromatic rings. The molecule has 3 heterocycles. The van der Waals surface area contributed by atoms with Gasteiger partial charge < -0.3 is 40.1 Å². The highest BCUT2D eigenvalue weighted by atomic mass is 16.5. The van der Waals surface area contributed by atoms with Crippen LogP contribution in [0.3, 0.4) is 0 Å². The number of carbonyl (C=O) groups is 4. The van der Waals surface area contributed by atoms with Crippen LogP contribution in [0.25, 0.3) is 33.6 Å². The molecule has 288 valence electrons. The quantitative estimate of drug-likeness (QED) is 0.103. The smallest absolute Gasteiger partial charge is 0.407 e. The molecule has 1 aliphatic heterocycles. The Hall–Kier alpha value is -5.50. The second kappa shape index (κ2) is 17.5. The third-order valence-corrected chi connectivity index (χ3v) is 9.99. The first-order valence-electron chi connectivity index (χ1n) is 18.3. The average Bonchev–Trinajstić information content (AvgIpc) is 3.96. The van der Waals surface area contributed by atoms with Gasteiger partial charge in [-0.05, 0) is 53.9 Å². The van der Waals surface area contributed by atoms with Crippen molar-refractivity contribution in [3.8, 4) is 33.6 Å². The van der Waals surface area contributed by atoms with E-state index in [4.69, 9.17) is 9.47 Å². The van der Waals surface area contributed by atoms with Gasteiger partial charge in [-0.15, -0.1) is 0 Å². The molecule has 2 aromatic carbocycles. The lowest BCUT2D eigenvalue weighted by atomic mass is 9.91. The summed E-state index contributed by atoms with van der Waals surface area (Å²) < 4.78 is 9.51. The van der Waals surface area contributed by atoms with Gasteiger partial charge in [0.15, 0.2) is 0 Å². The summed E-state index contributed by atoms with van der Waals surface area (Å²) in [5.41, 5.74) is 5.41. The topological polar surface area (TPSA) is 192 Å². The van der Waals surface area contributed by atoms with Crippen LogP contribution in [0, 0.1) is 17.8 Å². The summed E-state index contributed by atoms with van der Waals surface area (Å²) in [5, 5.41) is 16.1. The van der Waals surface area contributed by atoms with E-state index in [9.17, 15) is 24.3 Å². The number of alkyl carbamates (subject to hydrolysis) is 1. The number of ether oxygens (including phenoxy) is 2. The number of likely N-dealkylation sites (tertiary alicyclic amines) is 1. The van der Waals surface area contributed by atoms with Gasteiger partial charge in [-0.1, -0.05) is 76.2 Å². The number of H-pyrrole nitrogens is 2. The van der Waals surface area contributed by atoms with Crippen LogP contribution in [0.2, 0.25) is 0 Å². The number of amides is 3. The zero-order valence-corrected chi connectivity index (χ0v) is 31.9. The normalized spacial score (nSPS) is 16.5. The monoisotopic (exact) mass is 741 g/mol. The van der Waals surface area contributed by atoms with Crippen molar-refractivity contribution in [1.29, 1.82) is 0 Å². The Labute approximate surface area is 315 Å². The van der Waals surface area contributed by atoms with Crippen molar-refractivity contribution in [2.45, 2.75) is 78.1 Å². The Kier molecular flexibility index (Phi) is 12.9. The number of aliphatic hydroxyl groups excluding tert-OH is 1. The summed E-state index contributed by atoms with van der Waals surface area (Å²) in [7, 11) is 2.57. The van der Waals surface area contributed by atoms with Crippen molar-refractivity contribution in [2.75, 3.05) is 20.8 Å². The van der Waals surface area contributed by atoms with E-state index in [1.165, 1.54) is 14.2 Å². The lowest BCUT2D eigenvalue weighted by Crippen LogP contribution is -2.51. The molecule has 14 nitrogen and oxygen atoms in total. The summed E-state index contributed by atoms with van der Waals surface area (Å²) >= 11 is 0. The fourth-order valence-corrected chi connectivity index (χ4v) is 6.74. The molecule has 54 heavy (non-hydrogen) atoms. The van der Waals surface area contributed by atoms with Crippen LogP contribution in [-0.4, -0.2) is 86.7 Å². The molecule has 0 unspecified atom stereocenters. The minimum atomic E-state index is -0.946. The largest absolute Gasteiger partial charge is 0.469 e. The Balaban J connectivity index is 1.25. The molecular weight excluding hydrogens is 690 g/mol. The average molecular weight is 742 g/mol. The van der Waals surface area contributed by atoms with Crippen molar-refractivity contribution >= 4 is 23.9 Å². The molecule has 0 spiro atoms. The minimum Gasteiger partial charge on any atom is -0.469 e. The minimum absolute atomic E-state index is 0.0589. The second-order valence-corrected chi connectivity index (χ2v) is 14.4. The molecule has 5 atom stereocenters. The number of aliphatic hydroxyl groups is 1. The molecule has 0 aliphatic carbocycles. The number of aromatic amines is 2. The molecule has 1 saturated heterocycles. The van der Waals surface area contributed by atoms with Crippen molar-refractivity contribution < 1.29 is 33.8 Å². The number of carbonyl (C=O) groups excluding carboxylic acids is 4. The van der Waals surface area contributed by atoms with Gasteiger partial charge in [0.25, 0.3) is 0 Å². The molecule has 5 rings (SSSR count). The highest BCUT2D eigenvalue weighted by Crippen LogP contribution is 2.33. The molecule has 3 amide bonds. The van der Waals surface area contributed by atoms with E-state index in [0.29, 0.717) is 18.2 Å². The first-order valence-corrected chi connectivity index (χ1v) is 18.3. The number of nitrogens with one attached hydrogen (secondary N) is 4. The Morgan fingerprint density at radius 1 is 0.815 bits per heavy atom. The van der Waals surface area contributed by atoms with Crippen LogP contribution < -0.4 is 10.6 Å². The zero-order chi connectivity index (χ0) is 39.1. The van der Waals surface area contributed by atoms with Gasteiger partial charge in [-0.25, -0.2) is 14.8 Å². The van der Waals surface area contributed by atoms with E-state index in [0.717, 1.165) is 46.5 Å². The first-order chi connectivity index (χ1) is 25.8. The predicted octanol–water partition coefficient (Wildman–Crippen LogP) is 5.55. The van der Waals surface area contributed by atoms with Gasteiger partial charge in [-0.2, -0.15) is 0 Å². The van der Waals surface area contributed by atoms with Gasteiger partial charge in [-0.3, -0.25) is 14.4 Å². The first kappa shape index (κ1) is 39.7. The molecule has 5 N–H and O–H groups in total. The summed E-state index contributed by atoms with van der Waals surface area (Å²) in [6, 6.07) is 14.4. The number of benzene rings is 2. The van der Waals surface area contributed by atoms with Gasteiger partial charge in [0.2, 0.25) is 11.8 Å². The summed E-state index contributed by atoms with van der Waals surface area (Å²) in [6.07, 6.45) is 3.41. The Morgan fingerprint density at radius 2 is 1.39 bits per heavy atom. The van der Waals surface area contributed by atoms with E-state index < -0.39 is 36.2 Å². The number of hydrogen-bond acceptors (Lipinski definition) is 9. The van der Waals surface area contributed by atoms with Gasteiger partial charge in [0.05, 0.1) is 62.5 Å². The van der Waals surface area contributed by atoms with Crippen molar-refractivity contribution in [3.63, 3.8) is 0 Å². The molecule has 1 fully saturated rings. The highest BCUT2D eigenvalue weighted by molar-refractivity contribution is 5.86. The lowest BCUT2D eigenvalue weighted by molar-refractivity contribution is -0.145. The summed E-state index contributed by atoms with van der Waals surface area (Å²) in [4.78, 5) is 68.0. The number of imidazole rings is 2. The number of methoxy groups -OCH3 is 2. The molecule has 1 aliphatic rings. The maximum absolute atomic E-state index is 13.5. The van der Waals surface area contributed by atoms with E-state index in [-0.39, 0.29) is 36.1 Å². The van der Waals surface area contributed by atoms with Gasteiger partial charge in [0, 0.05) is 6.54 Å². The molecule has 14 heteroatoms. The van der Waals surface area contributed by atoms with Crippen LogP contribution in [-0.2, 0) is 23.9 Å². The van der Waals surface area contributed by atoms with Crippen LogP contribution in [0.1, 0.15) is 77.6 Å². The molecular formula is C40H51N7O7. The lowest BCUT2D eigenvalue weighted by Gasteiger charge is -2.30. The maximum atomic E-state index is 13.5. The molecule has 0 saturated carbocycles. The molecule has 0 bridgehead atoms. The maximum Gasteiger partial charge on any atom is 0.407 e. The number of esters is 1. The summed E-state index contributed by atoms with van der Waals surface area (Å²) in [6.45, 7) is 9.66. The zero-order valence-electron chi connectivity index (χ0n) is 31.9. The fraction of sp³-hybridized carbons (Fsp3) is 0.450. The van der Waals surface area contributed by atoms with E-state index in [2.05, 4.69) is 30.6 Å². The molecule has 0 radical (unpaired) electrons. The van der Waals surface area contributed by atoms with Crippen LogP contribution in [0.15, 0.2) is 60.9 Å².